The lowest BCUT2D eigenvalue weighted by Gasteiger charge is -2.35. The molecule has 0 aliphatic carbocycles. The van der Waals surface area contributed by atoms with Crippen LogP contribution in [0.2, 0.25) is 18.1 Å². The molecule has 0 atom stereocenters. The third-order valence-electron chi connectivity index (χ3n) is 3.92. The summed E-state index contributed by atoms with van der Waals surface area (Å²) >= 11 is 1.99. The molecule has 0 bridgehead atoms. The molecule has 0 spiro atoms. The molecule has 2 heteroatoms. The van der Waals surface area contributed by atoms with Crippen LogP contribution in [0.15, 0.2) is 30.3 Å². The molecule has 0 saturated heterocycles. The Morgan fingerprint density at radius 1 is 1.06 bits per heavy atom. The summed E-state index contributed by atoms with van der Waals surface area (Å²) in [6.07, 6.45) is 0. The molecule has 0 radical (unpaired) electrons. The smallest absolute Gasteiger partial charge is 0.0987 e. The highest BCUT2D eigenvalue weighted by atomic mass is 32.1. The van der Waals surface area contributed by atoms with E-state index in [4.69, 9.17) is 0 Å². The predicted molar refractivity (Wildman–Crippen MR) is 78.7 cm³/mol. The summed E-state index contributed by atoms with van der Waals surface area (Å²) in [6.45, 7) is 12.1. The second-order valence-corrected chi connectivity index (χ2v) is 12.8. The van der Waals surface area contributed by atoms with E-state index >= 15 is 0 Å². The zero-order valence-electron chi connectivity index (χ0n) is 10.8. The van der Waals surface area contributed by atoms with Crippen molar-refractivity contribution in [1.82, 2.24) is 0 Å². The fourth-order valence-corrected chi connectivity index (χ4v) is 6.00. The standard InChI is InChI=1S/C14H20SSi/c1-14(2,3)16(4,5)13-10-11-8-6-7-9-12(11)15-13/h6-10H,1-5H3. The molecule has 0 aliphatic rings. The van der Waals surface area contributed by atoms with E-state index in [9.17, 15) is 0 Å². The lowest BCUT2D eigenvalue weighted by molar-refractivity contribution is 0.730. The number of thiophene rings is 1. The Hall–Kier alpha value is -0.603. The van der Waals surface area contributed by atoms with Gasteiger partial charge in [-0.2, -0.15) is 0 Å². The van der Waals surface area contributed by atoms with Crippen LogP contribution in [0.25, 0.3) is 10.1 Å². The maximum atomic E-state index is 2.48. The van der Waals surface area contributed by atoms with Gasteiger partial charge in [0.2, 0.25) is 0 Å². The molecule has 0 saturated carbocycles. The highest BCUT2D eigenvalue weighted by Crippen LogP contribution is 2.37. The molecule has 0 aliphatic heterocycles. The van der Waals surface area contributed by atoms with Crippen LogP contribution in [0.4, 0.5) is 0 Å². The molecule has 0 N–H and O–H groups in total. The molecule has 1 aromatic carbocycles. The number of hydrogen-bond donors (Lipinski definition) is 0. The minimum atomic E-state index is -1.35. The zero-order chi connectivity index (χ0) is 12.0. The van der Waals surface area contributed by atoms with Gasteiger partial charge in [-0.05, 0) is 27.1 Å². The van der Waals surface area contributed by atoms with E-state index in [1.54, 1.807) is 4.50 Å². The normalized spacial score (nSPS) is 13.3. The van der Waals surface area contributed by atoms with Crippen molar-refractivity contribution in [3.8, 4) is 0 Å². The van der Waals surface area contributed by atoms with Gasteiger partial charge in [0.1, 0.15) is 0 Å². The van der Waals surface area contributed by atoms with E-state index in [1.165, 1.54) is 10.1 Å². The maximum Gasteiger partial charge on any atom is 0.0987 e. The lowest BCUT2D eigenvalue weighted by Crippen LogP contribution is -2.47. The Morgan fingerprint density at radius 3 is 2.25 bits per heavy atom. The Morgan fingerprint density at radius 2 is 1.69 bits per heavy atom. The number of fused-ring (bicyclic) bond motifs is 1. The quantitative estimate of drug-likeness (QED) is 0.646. The van der Waals surface area contributed by atoms with Gasteiger partial charge in [0.15, 0.2) is 0 Å². The number of hydrogen-bond acceptors (Lipinski definition) is 1. The molecule has 0 nitrogen and oxygen atoms in total. The van der Waals surface area contributed by atoms with E-state index in [0.29, 0.717) is 5.04 Å². The maximum absolute atomic E-state index is 2.48. The van der Waals surface area contributed by atoms with Gasteiger partial charge in [-0.1, -0.05) is 52.1 Å². The first-order valence-corrected chi connectivity index (χ1v) is 9.63. The molecular formula is C14H20SSi. The van der Waals surface area contributed by atoms with Crippen LogP contribution >= 0.6 is 11.3 Å². The molecule has 0 fully saturated rings. The SMILES string of the molecule is CC(C)(C)[Si](C)(C)c1cc2ccccc2s1. The summed E-state index contributed by atoms with van der Waals surface area (Å²) in [4.78, 5) is 0. The molecule has 86 valence electrons. The summed E-state index contributed by atoms with van der Waals surface area (Å²) in [5.41, 5.74) is 0. The molecule has 16 heavy (non-hydrogen) atoms. The number of rotatable bonds is 1. The highest BCUT2D eigenvalue weighted by Gasteiger charge is 2.38. The average molecular weight is 248 g/mol. The van der Waals surface area contributed by atoms with Crippen LogP contribution in [0, 0.1) is 0 Å². The van der Waals surface area contributed by atoms with Crippen molar-refractivity contribution in [3.63, 3.8) is 0 Å². The van der Waals surface area contributed by atoms with E-state index in [0.717, 1.165) is 0 Å². The molecular weight excluding hydrogens is 228 g/mol. The fraction of sp³-hybridized carbons (Fsp3) is 0.429. The summed E-state index contributed by atoms with van der Waals surface area (Å²) < 4.78 is 3.06. The van der Waals surface area contributed by atoms with Crippen LogP contribution in [-0.4, -0.2) is 8.07 Å². The topological polar surface area (TPSA) is 0 Å². The third-order valence-corrected chi connectivity index (χ3v) is 11.8. The summed E-state index contributed by atoms with van der Waals surface area (Å²) in [7, 11) is -1.35. The minimum Gasteiger partial charge on any atom is -0.145 e. The third kappa shape index (κ3) is 1.85. The van der Waals surface area contributed by atoms with Gasteiger partial charge in [-0.15, -0.1) is 11.3 Å². The molecule has 1 aromatic heterocycles. The Balaban J connectivity index is 2.56. The van der Waals surface area contributed by atoms with Crippen LogP contribution in [0.1, 0.15) is 20.8 Å². The van der Waals surface area contributed by atoms with Crippen molar-refractivity contribution < 1.29 is 0 Å². The Labute approximate surface area is 103 Å². The van der Waals surface area contributed by atoms with Gasteiger partial charge < -0.3 is 0 Å². The summed E-state index contributed by atoms with van der Waals surface area (Å²) in [6, 6.07) is 11.1. The molecule has 0 amide bonds. The molecule has 2 aromatic rings. The van der Waals surface area contributed by atoms with Crippen LogP contribution < -0.4 is 4.50 Å². The monoisotopic (exact) mass is 248 g/mol. The second-order valence-electron chi connectivity index (χ2n) is 6.02. The van der Waals surface area contributed by atoms with E-state index in [1.807, 2.05) is 11.3 Å². The molecule has 1 heterocycles. The van der Waals surface area contributed by atoms with E-state index in [-0.39, 0.29) is 0 Å². The van der Waals surface area contributed by atoms with Gasteiger partial charge in [0, 0.05) is 4.70 Å². The van der Waals surface area contributed by atoms with Crippen molar-refractivity contribution in [2.24, 2.45) is 0 Å². The molecule has 2 rings (SSSR count). The second kappa shape index (κ2) is 3.71. The zero-order valence-corrected chi connectivity index (χ0v) is 12.6. The number of benzene rings is 1. The first-order valence-electron chi connectivity index (χ1n) is 5.81. The lowest BCUT2D eigenvalue weighted by atomic mass is 10.2. The summed E-state index contributed by atoms with van der Waals surface area (Å²) in [5, 5.41) is 1.83. The fourth-order valence-electron chi connectivity index (χ4n) is 1.66. The molecule has 0 unspecified atom stereocenters. The van der Waals surface area contributed by atoms with E-state index < -0.39 is 8.07 Å². The van der Waals surface area contributed by atoms with Crippen molar-refractivity contribution in [2.75, 3.05) is 0 Å². The van der Waals surface area contributed by atoms with Crippen molar-refractivity contribution in [2.45, 2.75) is 38.9 Å². The summed E-state index contributed by atoms with van der Waals surface area (Å²) in [5.74, 6) is 0. The van der Waals surface area contributed by atoms with Crippen molar-refractivity contribution >= 4 is 34.0 Å². The predicted octanol–water partition coefficient (Wildman–Crippen LogP) is 4.62. The Bertz CT molecular complexity index is 470. The van der Waals surface area contributed by atoms with Gasteiger partial charge in [-0.25, -0.2) is 0 Å². The Kier molecular flexibility index (Phi) is 2.75. The minimum absolute atomic E-state index is 0.424. The van der Waals surface area contributed by atoms with Crippen LogP contribution in [0.5, 0.6) is 0 Å². The van der Waals surface area contributed by atoms with Gasteiger partial charge >= 0.3 is 0 Å². The average Bonchev–Trinajstić information content (AvgIpc) is 2.59. The van der Waals surface area contributed by atoms with Gasteiger partial charge in [0.25, 0.3) is 0 Å². The van der Waals surface area contributed by atoms with Crippen molar-refractivity contribution in [3.05, 3.63) is 30.3 Å². The highest BCUT2D eigenvalue weighted by molar-refractivity contribution is 7.31. The van der Waals surface area contributed by atoms with E-state index in [2.05, 4.69) is 64.2 Å². The van der Waals surface area contributed by atoms with Gasteiger partial charge in [0.05, 0.1) is 8.07 Å². The van der Waals surface area contributed by atoms with Crippen LogP contribution in [0.3, 0.4) is 0 Å². The largest absolute Gasteiger partial charge is 0.145 e. The van der Waals surface area contributed by atoms with Crippen molar-refractivity contribution in [1.29, 1.82) is 0 Å². The first kappa shape index (κ1) is 11.9. The first-order chi connectivity index (χ1) is 7.32. The van der Waals surface area contributed by atoms with Crippen LogP contribution in [-0.2, 0) is 0 Å². The van der Waals surface area contributed by atoms with Gasteiger partial charge in [-0.3, -0.25) is 0 Å².